The van der Waals surface area contributed by atoms with E-state index in [1.807, 2.05) is 25.1 Å². The van der Waals surface area contributed by atoms with E-state index < -0.39 is 5.60 Å². The van der Waals surface area contributed by atoms with E-state index >= 15 is 0 Å². The summed E-state index contributed by atoms with van der Waals surface area (Å²) in [5.74, 6) is 0.447. The Labute approximate surface area is 176 Å². The Hall–Kier alpha value is -2.08. The summed E-state index contributed by atoms with van der Waals surface area (Å²) < 4.78 is 5.37. The molecule has 0 radical (unpaired) electrons. The molecule has 1 aliphatic rings. The molecular weight excluding hydrogens is 390 g/mol. The van der Waals surface area contributed by atoms with Crippen molar-refractivity contribution in [3.63, 3.8) is 0 Å². The van der Waals surface area contributed by atoms with Gasteiger partial charge in [-0.2, -0.15) is 0 Å². The highest BCUT2D eigenvalue weighted by molar-refractivity contribution is 6.31. The maximum absolute atomic E-state index is 13.3. The third-order valence-electron chi connectivity index (χ3n) is 5.69. The van der Waals surface area contributed by atoms with Gasteiger partial charge in [0.15, 0.2) is 0 Å². The highest BCUT2D eigenvalue weighted by Crippen LogP contribution is 2.38. The summed E-state index contributed by atoms with van der Waals surface area (Å²) in [5, 5.41) is 21.1. The first-order valence-electron chi connectivity index (χ1n) is 9.77. The van der Waals surface area contributed by atoms with Crippen molar-refractivity contribution in [2.75, 3.05) is 13.7 Å². The van der Waals surface area contributed by atoms with E-state index in [0.717, 1.165) is 16.7 Å². The monoisotopic (exact) mass is 417 g/mol. The number of carbonyl (C=O) groups is 1. The van der Waals surface area contributed by atoms with E-state index in [1.54, 1.807) is 44.1 Å². The average Bonchev–Trinajstić information content (AvgIpc) is 2.67. The first kappa shape index (κ1) is 21.6. The van der Waals surface area contributed by atoms with E-state index in [-0.39, 0.29) is 31.0 Å². The molecule has 5 nitrogen and oxygen atoms in total. The zero-order valence-electron chi connectivity index (χ0n) is 17.3. The molecule has 2 N–H and O–H groups in total. The number of halogens is 1. The van der Waals surface area contributed by atoms with Gasteiger partial charge in [-0.15, -0.1) is 0 Å². The summed E-state index contributed by atoms with van der Waals surface area (Å²) in [5.41, 5.74) is 2.48. The van der Waals surface area contributed by atoms with E-state index in [4.69, 9.17) is 16.3 Å². The third kappa shape index (κ3) is 4.13. The highest BCUT2D eigenvalue weighted by atomic mass is 35.5. The van der Waals surface area contributed by atoms with Crippen molar-refractivity contribution in [3.05, 3.63) is 63.7 Å². The van der Waals surface area contributed by atoms with Crippen molar-refractivity contribution in [1.29, 1.82) is 0 Å². The van der Waals surface area contributed by atoms with E-state index in [0.29, 0.717) is 22.8 Å². The van der Waals surface area contributed by atoms with Crippen LogP contribution >= 0.6 is 11.6 Å². The molecule has 156 valence electrons. The minimum absolute atomic E-state index is 0.0875. The number of carbonyl (C=O) groups excluding carboxylic acids is 1. The normalized spacial score (nSPS) is 19.1. The Balaban J connectivity index is 1.98. The molecule has 0 unspecified atom stereocenters. The number of fused-ring (bicyclic) bond motifs is 1. The molecule has 2 atom stereocenters. The number of ether oxygens (including phenoxy) is 1. The van der Waals surface area contributed by atoms with Crippen LogP contribution in [0.15, 0.2) is 36.4 Å². The molecule has 29 heavy (non-hydrogen) atoms. The Morgan fingerprint density at radius 3 is 2.59 bits per heavy atom. The lowest BCUT2D eigenvalue weighted by molar-refractivity contribution is -0.137. The third-order valence-corrected chi connectivity index (χ3v) is 6.05. The van der Waals surface area contributed by atoms with Gasteiger partial charge in [-0.3, -0.25) is 4.79 Å². The fraction of sp³-hybridized carbons (Fsp3) is 0.435. The summed E-state index contributed by atoms with van der Waals surface area (Å²) in [6.45, 7) is 5.30. The summed E-state index contributed by atoms with van der Waals surface area (Å²) in [4.78, 5) is 15.0. The molecule has 1 amide bonds. The Kier molecular flexibility index (Phi) is 6.22. The zero-order valence-corrected chi connectivity index (χ0v) is 18.0. The lowest BCUT2D eigenvalue weighted by Gasteiger charge is -2.43. The summed E-state index contributed by atoms with van der Waals surface area (Å²) in [7, 11) is 1.55. The molecule has 1 aliphatic heterocycles. The van der Waals surface area contributed by atoms with Gasteiger partial charge in [0.1, 0.15) is 5.75 Å². The number of benzene rings is 2. The summed E-state index contributed by atoms with van der Waals surface area (Å²) in [6, 6.07) is 10.5. The second-order valence-electron chi connectivity index (χ2n) is 8.05. The van der Waals surface area contributed by atoms with E-state index in [1.165, 1.54) is 0 Å². The quantitative estimate of drug-likeness (QED) is 0.779. The van der Waals surface area contributed by atoms with Crippen LogP contribution in [-0.4, -0.2) is 40.8 Å². The molecule has 0 aromatic heterocycles. The molecule has 0 fully saturated rings. The number of methoxy groups -OCH3 is 1. The molecule has 0 saturated carbocycles. The number of hydrogen-bond donors (Lipinski definition) is 2. The van der Waals surface area contributed by atoms with Crippen molar-refractivity contribution in [2.24, 2.45) is 0 Å². The van der Waals surface area contributed by atoms with Gasteiger partial charge < -0.3 is 19.8 Å². The van der Waals surface area contributed by atoms with Crippen LogP contribution in [0.5, 0.6) is 5.75 Å². The van der Waals surface area contributed by atoms with Crippen LogP contribution in [0.1, 0.15) is 49.1 Å². The largest absolute Gasteiger partial charge is 0.496 e. The SMILES string of the molecule is COc1cccc(Cl)c1CC(=O)N1[C@@H](CO)Cc2c(cccc2C(C)(C)O)[C@@H]1C. The molecule has 2 aromatic carbocycles. The van der Waals surface area contributed by atoms with Gasteiger partial charge in [-0.25, -0.2) is 0 Å². The Morgan fingerprint density at radius 1 is 1.28 bits per heavy atom. The van der Waals surface area contributed by atoms with E-state index in [9.17, 15) is 15.0 Å². The van der Waals surface area contributed by atoms with Gasteiger partial charge >= 0.3 is 0 Å². The van der Waals surface area contributed by atoms with Gasteiger partial charge in [0.05, 0.1) is 37.8 Å². The molecule has 1 heterocycles. The lowest BCUT2D eigenvalue weighted by atomic mass is 9.81. The number of rotatable bonds is 5. The highest BCUT2D eigenvalue weighted by Gasteiger charge is 2.37. The minimum atomic E-state index is -0.998. The predicted octanol–water partition coefficient (Wildman–Crippen LogP) is 3.63. The molecule has 6 heteroatoms. The molecular formula is C23H28ClNO4. The van der Waals surface area contributed by atoms with Crippen LogP contribution < -0.4 is 4.74 Å². The molecule has 0 saturated heterocycles. The van der Waals surface area contributed by atoms with E-state index in [2.05, 4.69) is 0 Å². The van der Waals surface area contributed by atoms with Crippen LogP contribution in [0, 0.1) is 0 Å². The Bertz CT molecular complexity index is 906. The van der Waals surface area contributed by atoms with Crippen molar-refractivity contribution < 1.29 is 19.7 Å². The number of aliphatic hydroxyl groups is 2. The van der Waals surface area contributed by atoms with Crippen LogP contribution in [-0.2, 0) is 23.2 Å². The standard InChI is InChI=1S/C23H28ClNO4/c1-14-16-7-5-8-19(23(2,3)28)17(16)11-15(13-26)25(14)22(27)12-18-20(24)9-6-10-21(18)29-4/h5-10,14-15,26,28H,11-13H2,1-4H3/t14-,15+/m0/s1. The van der Waals surface area contributed by atoms with Crippen molar-refractivity contribution in [1.82, 2.24) is 4.90 Å². The maximum Gasteiger partial charge on any atom is 0.228 e. The first-order chi connectivity index (χ1) is 13.7. The molecule has 2 aromatic rings. The smallest absolute Gasteiger partial charge is 0.228 e. The summed E-state index contributed by atoms with van der Waals surface area (Å²) >= 11 is 6.32. The lowest BCUT2D eigenvalue weighted by Crippen LogP contribution is -2.49. The van der Waals surface area contributed by atoms with Crippen LogP contribution in [0.4, 0.5) is 0 Å². The Morgan fingerprint density at radius 2 is 1.97 bits per heavy atom. The molecule has 0 spiro atoms. The fourth-order valence-corrected chi connectivity index (χ4v) is 4.55. The maximum atomic E-state index is 13.3. The average molecular weight is 418 g/mol. The predicted molar refractivity (Wildman–Crippen MR) is 113 cm³/mol. The summed E-state index contributed by atoms with van der Waals surface area (Å²) in [6.07, 6.45) is 0.575. The number of hydrogen-bond acceptors (Lipinski definition) is 4. The second-order valence-corrected chi connectivity index (χ2v) is 8.45. The van der Waals surface area contributed by atoms with Crippen molar-refractivity contribution >= 4 is 17.5 Å². The van der Waals surface area contributed by atoms with Crippen LogP contribution in [0.25, 0.3) is 0 Å². The molecule has 0 bridgehead atoms. The first-order valence-corrected chi connectivity index (χ1v) is 10.1. The fourth-order valence-electron chi connectivity index (χ4n) is 4.31. The number of nitrogens with zero attached hydrogens (tertiary/aromatic N) is 1. The number of amides is 1. The molecule has 3 rings (SSSR count). The van der Waals surface area contributed by atoms with Gasteiger partial charge in [-0.05, 0) is 56.0 Å². The minimum Gasteiger partial charge on any atom is -0.496 e. The van der Waals surface area contributed by atoms with Gasteiger partial charge in [-0.1, -0.05) is 35.9 Å². The second kappa shape index (κ2) is 8.34. The van der Waals surface area contributed by atoms with Gasteiger partial charge in [0, 0.05) is 10.6 Å². The van der Waals surface area contributed by atoms with Crippen LogP contribution in [0.2, 0.25) is 5.02 Å². The zero-order chi connectivity index (χ0) is 21.3. The molecule has 0 aliphatic carbocycles. The van der Waals surface area contributed by atoms with Gasteiger partial charge in [0.25, 0.3) is 0 Å². The van der Waals surface area contributed by atoms with Crippen LogP contribution in [0.3, 0.4) is 0 Å². The van der Waals surface area contributed by atoms with Gasteiger partial charge in [0.2, 0.25) is 5.91 Å². The van der Waals surface area contributed by atoms with Crippen molar-refractivity contribution in [3.8, 4) is 5.75 Å². The number of aliphatic hydroxyl groups excluding tert-OH is 1. The topological polar surface area (TPSA) is 70.0 Å². The van der Waals surface area contributed by atoms with Crippen molar-refractivity contribution in [2.45, 2.75) is 51.3 Å².